The first-order chi connectivity index (χ1) is 25.5. The zero-order chi connectivity index (χ0) is 38.6. The van der Waals surface area contributed by atoms with Gasteiger partial charge in [-0.25, -0.2) is 0 Å². The van der Waals surface area contributed by atoms with E-state index in [9.17, 15) is 9.90 Å². The third-order valence-corrected chi connectivity index (χ3v) is 10.7. The van der Waals surface area contributed by atoms with Crippen molar-refractivity contribution in [3.63, 3.8) is 0 Å². The molecule has 5 heteroatoms. The third kappa shape index (κ3) is 43.8. The van der Waals surface area contributed by atoms with Crippen LogP contribution in [-0.2, 0) is 9.53 Å². The Morgan fingerprint density at radius 3 is 1.17 bits per heavy atom. The van der Waals surface area contributed by atoms with Crippen molar-refractivity contribution in [1.29, 1.82) is 0 Å². The molecular formula is C47H98N2O3. The van der Waals surface area contributed by atoms with Crippen LogP contribution < -0.4 is 0 Å². The summed E-state index contributed by atoms with van der Waals surface area (Å²) in [6.45, 7) is 16.8. The summed E-state index contributed by atoms with van der Waals surface area (Å²) < 4.78 is 6.03. The Balaban J connectivity index is 0. The number of unbranched alkanes of at least 4 members (excludes halogenated alkanes) is 25. The van der Waals surface area contributed by atoms with E-state index in [1.165, 1.54) is 193 Å². The maximum atomic E-state index is 12.7. The maximum absolute atomic E-state index is 12.7. The van der Waals surface area contributed by atoms with Gasteiger partial charge in [-0.3, -0.25) is 4.79 Å². The maximum Gasteiger partial charge on any atom is 0.306 e. The van der Waals surface area contributed by atoms with Crippen molar-refractivity contribution >= 4 is 5.97 Å². The number of hydrogen-bond donors (Lipinski definition) is 1. The molecule has 314 valence electrons. The van der Waals surface area contributed by atoms with E-state index in [2.05, 4.69) is 51.5 Å². The highest BCUT2D eigenvalue weighted by Gasteiger charge is 2.14. The van der Waals surface area contributed by atoms with Gasteiger partial charge in [0.25, 0.3) is 0 Å². The molecule has 0 aromatic heterocycles. The fourth-order valence-corrected chi connectivity index (χ4v) is 7.02. The van der Waals surface area contributed by atoms with Gasteiger partial charge in [-0.2, -0.15) is 0 Å². The first kappa shape index (κ1) is 53.5. The van der Waals surface area contributed by atoms with Crippen LogP contribution in [0.5, 0.6) is 0 Å². The molecule has 0 aliphatic heterocycles. The van der Waals surface area contributed by atoms with E-state index in [1.807, 2.05) is 0 Å². The van der Waals surface area contributed by atoms with Crippen LogP contribution in [0.4, 0.5) is 0 Å². The average molecular weight is 739 g/mol. The van der Waals surface area contributed by atoms with E-state index in [0.717, 1.165) is 45.3 Å². The highest BCUT2D eigenvalue weighted by molar-refractivity contribution is 5.69. The molecule has 0 saturated carbocycles. The van der Waals surface area contributed by atoms with E-state index in [-0.39, 0.29) is 18.7 Å². The molecule has 0 bridgehead atoms. The highest BCUT2D eigenvalue weighted by Crippen LogP contribution is 2.18. The molecule has 0 amide bonds. The molecule has 0 heterocycles. The minimum Gasteiger partial charge on any atom is -0.462 e. The average Bonchev–Trinajstić information content (AvgIpc) is 3.14. The van der Waals surface area contributed by atoms with Gasteiger partial charge in [0, 0.05) is 26.1 Å². The van der Waals surface area contributed by atoms with E-state index < -0.39 is 0 Å². The topological polar surface area (TPSA) is 53.0 Å². The number of carbonyl (C=O) groups is 1. The van der Waals surface area contributed by atoms with Crippen LogP contribution in [0.15, 0.2) is 0 Å². The van der Waals surface area contributed by atoms with Crippen molar-refractivity contribution in [3.8, 4) is 0 Å². The lowest BCUT2D eigenvalue weighted by Gasteiger charge is -2.25. The molecule has 0 rings (SSSR count). The molecule has 52 heavy (non-hydrogen) atoms. The third-order valence-electron chi connectivity index (χ3n) is 10.7. The summed E-state index contributed by atoms with van der Waals surface area (Å²) >= 11 is 0. The predicted octanol–water partition coefficient (Wildman–Crippen LogP) is 14.1. The summed E-state index contributed by atoms with van der Waals surface area (Å²) in [5, 5.41) is 9.22. The number of aliphatic hydroxyl groups is 1. The van der Waals surface area contributed by atoms with Gasteiger partial charge in [-0.15, -0.1) is 0 Å². The Morgan fingerprint density at radius 2 is 0.788 bits per heavy atom. The molecule has 0 aromatic rings. The van der Waals surface area contributed by atoms with Gasteiger partial charge < -0.3 is 19.6 Å². The van der Waals surface area contributed by atoms with Crippen molar-refractivity contribution in [2.75, 3.05) is 46.4 Å². The quantitative estimate of drug-likeness (QED) is 0.0500. The molecule has 5 nitrogen and oxygen atoms in total. The first-order valence-electron chi connectivity index (χ1n) is 23.7. The SMILES string of the molecule is CCCCCCCCC.CCCCCCCCC(CCCCCCCC)OC(=O)CCCCCCCN(CCCCCCCC)CCN(C)CCO. The molecule has 0 atom stereocenters. The minimum absolute atomic E-state index is 0.0408. The molecule has 0 unspecified atom stereocenters. The van der Waals surface area contributed by atoms with Crippen LogP contribution in [0.2, 0.25) is 0 Å². The lowest BCUT2D eigenvalue weighted by molar-refractivity contribution is -0.150. The summed E-state index contributed by atoms with van der Waals surface area (Å²) in [5.41, 5.74) is 0. The van der Waals surface area contributed by atoms with Gasteiger partial charge in [-0.1, -0.05) is 195 Å². The van der Waals surface area contributed by atoms with Gasteiger partial charge >= 0.3 is 5.97 Å². The van der Waals surface area contributed by atoms with Crippen LogP contribution in [0.25, 0.3) is 0 Å². The number of rotatable bonds is 41. The minimum atomic E-state index is 0.0408. The van der Waals surface area contributed by atoms with Gasteiger partial charge in [0.05, 0.1) is 6.61 Å². The Morgan fingerprint density at radius 1 is 0.442 bits per heavy atom. The molecule has 0 fully saturated rings. The number of esters is 1. The van der Waals surface area contributed by atoms with E-state index >= 15 is 0 Å². The molecule has 0 spiro atoms. The Hall–Kier alpha value is -0.650. The van der Waals surface area contributed by atoms with Gasteiger partial charge in [-0.05, 0) is 65.1 Å². The Labute approximate surface area is 328 Å². The number of ether oxygens (including phenoxy) is 1. The summed E-state index contributed by atoms with van der Waals surface area (Å²) in [7, 11) is 2.11. The van der Waals surface area contributed by atoms with E-state index in [4.69, 9.17) is 4.74 Å². The summed E-state index contributed by atoms with van der Waals surface area (Å²) in [6, 6.07) is 0. The Bertz CT molecular complexity index is 639. The molecule has 0 aliphatic carbocycles. The number of likely N-dealkylation sites (N-methyl/N-ethyl adjacent to an activating group) is 1. The van der Waals surface area contributed by atoms with Gasteiger partial charge in [0.15, 0.2) is 0 Å². The van der Waals surface area contributed by atoms with Crippen molar-refractivity contribution in [2.24, 2.45) is 0 Å². The van der Waals surface area contributed by atoms with Crippen molar-refractivity contribution in [3.05, 3.63) is 0 Å². The van der Waals surface area contributed by atoms with Crippen molar-refractivity contribution in [1.82, 2.24) is 9.80 Å². The van der Waals surface area contributed by atoms with Gasteiger partial charge in [0.2, 0.25) is 0 Å². The summed E-state index contributed by atoms with van der Waals surface area (Å²) in [5.74, 6) is 0.0408. The molecule has 0 saturated heterocycles. The van der Waals surface area contributed by atoms with E-state index in [1.54, 1.807) is 0 Å². The fourth-order valence-electron chi connectivity index (χ4n) is 7.02. The number of carbonyl (C=O) groups excluding carboxylic acids is 1. The second-order valence-corrected chi connectivity index (χ2v) is 16.1. The van der Waals surface area contributed by atoms with Crippen LogP contribution in [-0.4, -0.2) is 73.4 Å². The number of nitrogens with zero attached hydrogens (tertiary/aromatic N) is 2. The number of aliphatic hydroxyl groups excluding tert-OH is 1. The normalized spacial score (nSPS) is 11.5. The zero-order valence-corrected chi connectivity index (χ0v) is 36.8. The molecular weight excluding hydrogens is 641 g/mol. The monoisotopic (exact) mass is 739 g/mol. The lowest BCUT2D eigenvalue weighted by Crippen LogP contribution is -2.35. The standard InChI is InChI=1S/C38H78N2O3.C9H20/c1-5-8-11-14-18-23-28-37(29-24-19-15-12-9-6-2)43-38(42)30-25-20-17-22-27-32-40(34-33-39(4)35-36-41)31-26-21-16-13-10-7-3;1-3-5-7-9-8-6-4-2/h37,41H,5-36H2,1-4H3;3-9H2,1-2H3. The second-order valence-electron chi connectivity index (χ2n) is 16.1. The fraction of sp³-hybridized carbons (Fsp3) is 0.979. The van der Waals surface area contributed by atoms with Crippen molar-refractivity contribution < 1.29 is 14.6 Å². The second kappa shape index (κ2) is 46.5. The van der Waals surface area contributed by atoms with Crippen LogP contribution >= 0.6 is 0 Å². The van der Waals surface area contributed by atoms with E-state index in [0.29, 0.717) is 6.42 Å². The molecule has 0 radical (unpaired) electrons. The molecule has 0 aliphatic rings. The van der Waals surface area contributed by atoms with Crippen molar-refractivity contribution in [2.45, 2.75) is 253 Å². The number of hydrogen-bond acceptors (Lipinski definition) is 5. The highest BCUT2D eigenvalue weighted by atomic mass is 16.5. The zero-order valence-electron chi connectivity index (χ0n) is 36.8. The summed E-state index contributed by atoms with van der Waals surface area (Å²) in [6.07, 6.45) is 42.2. The lowest BCUT2D eigenvalue weighted by atomic mass is 10.0. The smallest absolute Gasteiger partial charge is 0.306 e. The summed E-state index contributed by atoms with van der Waals surface area (Å²) in [4.78, 5) is 17.6. The van der Waals surface area contributed by atoms with Crippen LogP contribution in [0, 0.1) is 0 Å². The molecule has 1 N–H and O–H groups in total. The largest absolute Gasteiger partial charge is 0.462 e. The van der Waals surface area contributed by atoms with Gasteiger partial charge in [0.1, 0.15) is 6.10 Å². The Kier molecular flexibility index (Phi) is 47.8. The first-order valence-corrected chi connectivity index (χ1v) is 23.7. The van der Waals surface area contributed by atoms with Crippen LogP contribution in [0.3, 0.4) is 0 Å². The predicted molar refractivity (Wildman–Crippen MR) is 232 cm³/mol. The van der Waals surface area contributed by atoms with Crippen LogP contribution in [0.1, 0.15) is 247 Å². The molecule has 0 aromatic carbocycles.